The summed E-state index contributed by atoms with van der Waals surface area (Å²) in [6, 6.07) is 0. The maximum Gasteiger partial charge on any atom is 0.265 e. The van der Waals surface area contributed by atoms with Crippen molar-refractivity contribution in [2.75, 3.05) is 6.26 Å². The topological polar surface area (TPSA) is 87.0 Å². The highest BCUT2D eigenvalue weighted by molar-refractivity contribution is 7.86. The molecule has 8 heteroatoms. The van der Waals surface area contributed by atoms with Gasteiger partial charge >= 0.3 is 0 Å². The summed E-state index contributed by atoms with van der Waals surface area (Å²) in [5.41, 5.74) is 0. The fourth-order valence-electron chi connectivity index (χ4n) is 0.767. The summed E-state index contributed by atoms with van der Waals surface area (Å²) >= 11 is 0. The summed E-state index contributed by atoms with van der Waals surface area (Å²) in [5, 5.41) is 11.0. The van der Waals surface area contributed by atoms with Crippen LogP contribution in [0.1, 0.15) is 18.9 Å². The first kappa shape index (κ1) is 10.1. The highest BCUT2D eigenvalue weighted by atomic mass is 32.2. The van der Waals surface area contributed by atoms with E-state index in [4.69, 9.17) is 0 Å². The van der Waals surface area contributed by atoms with Crippen molar-refractivity contribution in [1.29, 1.82) is 0 Å². The van der Waals surface area contributed by atoms with Crippen LogP contribution >= 0.6 is 0 Å². The molecular formula is C5H10N4O3S. The molecule has 0 radical (unpaired) electrons. The van der Waals surface area contributed by atoms with E-state index in [9.17, 15) is 8.42 Å². The third kappa shape index (κ3) is 3.07. The second kappa shape index (κ2) is 3.38. The van der Waals surface area contributed by atoms with Gasteiger partial charge < -0.3 is 0 Å². The number of nitrogens with zero attached hydrogens (tertiary/aromatic N) is 4. The maximum atomic E-state index is 10.7. The van der Waals surface area contributed by atoms with Gasteiger partial charge in [0, 0.05) is 0 Å². The molecular weight excluding hydrogens is 196 g/mol. The van der Waals surface area contributed by atoms with Gasteiger partial charge in [0.1, 0.15) is 6.10 Å². The molecule has 1 atom stereocenters. The van der Waals surface area contributed by atoms with Gasteiger partial charge in [0.25, 0.3) is 10.1 Å². The van der Waals surface area contributed by atoms with Crippen molar-refractivity contribution in [2.24, 2.45) is 7.05 Å². The summed E-state index contributed by atoms with van der Waals surface area (Å²) in [6.07, 6.45) is 0.267. The quantitative estimate of drug-likeness (QED) is 0.604. The lowest BCUT2D eigenvalue weighted by Gasteiger charge is -2.04. The van der Waals surface area contributed by atoms with Crippen molar-refractivity contribution in [3.05, 3.63) is 5.82 Å². The molecule has 1 aromatic rings. The molecule has 0 saturated heterocycles. The third-order valence-electron chi connectivity index (χ3n) is 1.21. The normalized spacial score (nSPS) is 14.4. The second-order valence-corrected chi connectivity index (χ2v) is 4.18. The molecule has 0 bridgehead atoms. The number of hydrogen-bond donors (Lipinski definition) is 0. The van der Waals surface area contributed by atoms with Crippen LogP contribution in [-0.2, 0) is 21.3 Å². The molecule has 1 rings (SSSR count). The van der Waals surface area contributed by atoms with Gasteiger partial charge in [0.15, 0.2) is 0 Å². The molecule has 1 aromatic heterocycles. The van der Waals surface area contributed by atoms with Crippen molar-refractivity contribution in [1.82, 2.24) is 20.2 Å². The number of tetrazole rings is 1. The molecule has 0 amide bonds. The molecule has 0 unspecified atom stereocenters. The molecule has 0 spiro atoms. The van der Waals surface area contributed by atoms with Crippen LogP contribution in [0.5, 0.6) is 0 Å². The predicted molar refractivity (Wildman–Crippen MR) is 43.1 cm³/mol. The molecule has 0 fully saturated rings. The van der Waals surface area contributed by atoms with Crippen molar-refractivity contribution in [3.63, 3.8) is 0 Å². The summed E-state index contributed by atoms with van der Waals surface area (Å²) in [4.78, 5) is 1.23. The van der Waals surface area contributed by atoms with Gasteiger partial charge in [0.05, 0.1) is 13.3 Å². The zero-order valence-electron chi connectivity index (χ0n) is 7.50. The highest BCUT2D eigenvalue weighted by Crippen LogP contribution is 2.12. The Balaban J connectivity index is 2.75. The van der Waals surface area contributed by atoms with Crippen LogP contribution in [0.4, 0.5) is 0 Å². The Morgan fingerprint density at radius 3 is 2.54 bits per heavy atom. The van der Waals surface area contributed by atoms with Gasteiger partial charge in [-0.1, -0.05) is 0 Å². The second-order valence-electron chi connectivity index (χ2n) is 2.58. The lowest BCUT2D eigenvalue weighted by atomic mass is 10.4. The van der Waals surface area contributed by atoms with E-state index in [-0.39, 0.29) is 5.82 Å². The molecule has 74 valence electrons. The summed E-state index contributed by atoms with van der Waals surface area (Å²) in [5.74, 6) is 0.243. The van der Waals surface area contributed by atoms with Crippen LogP contribution in [0.25, 0.3) is 0 Å². The average molecular weight is 206 g/mol. The van der Waals surface area contributed by atoms with Gasteiger partial charge in [-0.2, -0.15) is 13.2 Å². The molecule has 0 aliphatic heterocycles. The van der Waals surface area contributed by atoms with E-state index >= 15 is 0 Å². The van der Waals surface area contributed by atoms with Crippen LogP contribution in [0.3, 0.4) is 0 Å². The molecule has 7 nitrogen and oxygen atoms in total. The SMILES string of the molecule is C[C@@H](OS(C)(=O)=O)c1nnn(C)n1. The van der Waals surface area contributed by atoms with Crippen LogP contribution in [-0.4, -0.2) is 34.9 Å². The Kier molecular flexibility index (Phi) is 2.62. The number of hydrogen-bond acceptors (Lipinski definition) is 6. The summed E-state index contributed by atoms with van der Waals surface area (Å²) < 4.78 is 26.1. The van der Waals surface area contributed by atoms with E-state index in [1.165, 1.54) is 11.7 Å². The molecule has 0 N–H and O–H groups in total. The molecule has 0 aliphatic rings. The van der Waals surface area contributed by atoms with Crippen LogP contribution in [0.15, 0.2) is 0 Å². The first-order valence-electron chi connectivity index (χ1n) is 3.50. The number of aryl methyl sites for hydroxylation is 1. The fraction of sp³-hybridized carbons (Fsp3) is 0.800. The van der Waals surface area contributed by atoms with Crippen LogP contribution in [0.2, 0.25) is 0 Å². The lowest BCUT2D eigenvalue weighted by Crippen LogP contribution is -2.09. The average Bonchev–Trinajstić information content (AvgIpc) is 2.31. The minimum atomic E-state index is -3.48. The molecule has 0 aliphatic carbocycles. The van der Waals surface area contributed by atoms with Crippen molar-refractivity contribution >= 4 is 10.1 Å². The van der Waals surface area contributed by atoms with Crippen molar-refractivity contribution < 1.29 is 12.6 Å². The predicted octanol–water partition coefficient (Wildman–Crippen LogP) is -0.753. The Hall–Kier alpha value is -1.02. The van der Waals surface area contributed by atoms with E-state index < -0.39 is 16.2 Å². The van der Waals surface area contributed by atoms with E-state index in [0.717, 1.165) is 6.26 Å². The Labute approximate surface area is 75.8 Å². The van der Waals surface area contributed by atoms with Gasteiger partial charge in [-0.15, -0.1) is 10.2 Å². The Morgan fingerprint density at radius 1 is 1.54 bits per heavy atom. The van der Waals surface area contributed by atoms with E-state index in [1.807, 2.05) is 0 Å². The summed E-state index contributed by atoms with van der Waals surface area (Å²) in [6.45, 7) is 1.54. The largest absolute Gasteiger partial charge is 0.265 e. The van der Waals surface area contributed by atoms with Gasteiger partial charge in [-0.05, 0) is 12.1 Å². The van der Waals surface area contributed by atoms with Crippen LogP contribution < -0.4 is 0 Å². The minimum absolute atomic E-state index is 0.243. The number of aromatic nitrogens is 4. The van der Waals surface area contributed by atoms with Gasteiger partial charge in [-0.25, -0.2) is 0 Å². The third-order valence-corrected chi connectivity index (χ3v) is 1.84. The fourth-order valence-corrected chi connectivity index (χ4v) is 1.38. The first-order valence-corrected chi connectivity index (χ1v) is 5.32. The smallest absolute Gasteiger partial charge is 0.259 e. The van der Waals surface area contributed by atoms with E-state index in [0.29, 0.717) is 0 Å². The lowest BCUT2D eigenvalue weighted by molar-refractivity contribution is 0.226. The molecule has 13 heavy (non-hydrogen) atoms. The molecule has 0 saturated carbocycles. The highest BCUT2D eigenvalue weighted by Gasteiger charge is 2.16. The zero-order chi connectivity index (χ0) is 10.1. The molecule has 1 heterocycles. The molecule has 0 aromatic carbocycles. The van der Waals surface area contributed by atoms with E-state index in [1.54, 1.807) is 7.05 Å². The first-order chi connectivity index (χ1) is 5.88. The van der Waals surface area contributed by atoms with Crippen molar-refractivity contribution in [2.45, 2.75) is 13.0 Å². The maximum absolute atomic E-state index is 10.7. The zero-order valence-corrected chi connectivity index (χ0v) is 8.32. The number of rotatable bonds is 3. The Bertz CT molecular complexity index is 384. The van der Waals surface area contributed by atoms with Crippen molar-refractivity contribution in [3.8, 4) is 0 Å². The van der Waals surface area contributed by atoms with Gasteiger partial charge in [-0.3, -0.25) is 4.18 Å². The monoisotopic (exact) mass is 206 g/mol. The van der Waals surface area contributed by atoms with Crippen LogP contribution in [0, 0.1) is 0 Å². The standard InChI is InChI=1S/C5H10N4O3S/c1-4(12-13(3,10)11)5-6-8-9(2)7-5/h4H,1-3H3/t4-/m1/s1. The summed E-state index contributed by atoms with van der Waals surface area (Å²) in [7, 11) is -1.89. The minimum Gasteiger partial charge on any atom is -0.259 e. The van der Waals surface area contributed by atoms with E-state index in [2.05, 4.69) is 19.6 Å². The van der Waals surface area contributed by atoms with Gasteiger partial charge in [0.2, 0.25) is 5.82 Å². The Morgan fingerprint density at radius 2 is 2.15 bits per heavy atom.